The van der Waals surface area contributed by atoms with Crippen LogP contribution in [0.4, 0.5) is 11.5 Å². The summed E-state index contributed by atoms with van der Waals surface area (Å²) in [7, 11) is 4.65. The Morgan fingerprint density at radius 3 is 2.55 bits per heavy atom. The van der Waals surface area contributed by atoms with Crippen molar-refractivity contribution in [1.82, 2.24) is 14.1 Å². The van der Waals surface area contributed by atoms with Crippen molar-refractivity contribution in [2.45, 2.75) is 0 Å². The van der Waals surface area contributed by atoms with Gasteiger partial charge in [-0.15, -0.1) is 0 Å². The van der Waals surface area contributed by atoms with E-state index in [2.05, 4.69) is 15.0 Å². The summed E-state index contributed by atoms with van der Waals surface area (Å²) in [4.78, 5) is 27.4. The van der Waals surface area contributed by atoms with E-state index in [1.54, 1.807) is 31.1 Å². The van der Waals surface area contributed by atoms with Crippen molar-refractivity contribution in [2.75, 3.05) is 18.2 Å². The maximum atomic E-state index is 12.0. The first-order valence-electron chi connectivity index (χ1n) is 5.77. The van der Waals surface area contributed by atoms with Crippen molar-refractivity contribution in [2.24, 2.45) is 14.1 Å². The Balaban J connectivity index is 2.20. The number of rotatable bonds is 3. The van der Waals surface area contributed by atoms with E-state index >= 15 is 0 Å². The topological polar surface area (TPSA) is 104 Å². The highest BCUT2D eigenvalue weighted by Gasteiger charge is 2.16. The number of ether oxygens (including phenoxy) is 1. The Labute approximate surface area is 115 Å². The summed E-state index contributed by atoms with van der Waals surface area (Å²) >= 11 is 0. The van der Waals surface area contributed by atoms with Crippen molar-refractivity contribution in [3.8, 4) is 0 Å². The normalized spacial score (nSPS) is 10.3. The van der Waals surface area contributed by atoms with Gasteiger partial charge in [-0.3, -0.25) is 4.79 Å². The third kappa shape index (κ3) is 2.48. The van der Waals surface area contributed by atoms with Crippen LogP contribution >= 0.6 is 0 Å². The molecule has 0 bridgehead atoms. The van der Waals surface area contributed by atoms with Crippen molar-refractivity contribution < 1.29 is 14.3 Å². The lowest BCUT2D eigenvalue weighted by molar-refractivity contribution is 0.0590. The number of carbonyl (C=O) groups excluding carboxylic acids is 2. The fourth-order valence-electron chi connectivity index (χ4n) is 1.83. The maximum Gasteiger partial charge on any atom is 0.354 e. The highest BCUT2D eigenvalue weighted by atomic mass is 16.5. The van der Waals surface area contributed by atoms with Crippen LogP contribution in [0.2, 0.25) is 0 Å². The average molecular weight is 277 g/mol. The minimum absolute atomic E-state index is 0.186. The van der Waals surface area contributed by atoms with Gasteiger partial charge in [0.2, 0.25) is 5.82 Å². The number of methoxy groups -OCH3 is 1. The zero-order valence-electron chi connectivity index (χ0n) is 11.4. The van der Waals surface area contributed by atoms with Gasteiger partial charge < -0.3 is 24.9 Å². The molecule has 106 valence electrons. The first-order valence-corrected chi connectivity index (χ1v) is 5.77. The molecule has 0 saturated carbocycles. The predicted octanol–water partition coefficient (Wildman–Crippen LogP) is 0.380. The minimum atomic E-state index is -0.478. The maximum absolute atomic E-state index is 12.0. The molecule has 2 heterocycles. The number of nitrogen functional groups attached to an aromatic ring is 1. The third-order valence-electron chi connectivity index (χ3n) is 2.76. The van der Waals surface area contributed by atoms with Gasteiger partial charge in [0.05, 0.1) is 12.8 Å². The Kier molecular flexibility index (Phi) is 3.47. The number of aromatic nitrogens is 3. The van der Waals surface area contributed by atoms with Crippen molar-refractivity contribution >= 4 is 23.4 Å². The molecular formula is C12H15N5O3. The molecule has 8 nitrogen and oxygen atoms in total. The molecule has 0 atom stereocenters. The third-order valence-corrected chi connectivity index (χ3v) is 2.76. The predicted molar refractivity (Wildman–Crippen MR) is 72.3 cm³/mol. The molecule has 8 heteroatoms. The number of carbonyl (C=O) groups is 2. The molecule has 2 rings (SSSR count). The van der Waals surface area contributed by atoms with Crippen LogP contribution in [0.3, 0.4) is 0 Å². The number of amides is 1. The van der Waals surface area contributed by atoms with Gasteiger partial charge in [0.25, 0.3) is 5.91 Å². The smallest absolute Gasteiger partial charge is 0.354 e. The van der Waals surface area contributed by atoms with Gasteiger partial charge in [0.1, 0.15) is 11.5 Å². The van der Waals surface area contributed by atoms with Crippen LogP contribution in [-0.2, 0) is 18.8 Å². The van der Waals surface area contributed by atoms with E-state index < -0.39 is 11.9 Å². The lowest BCUT2D eigenvalue weighted by Gasteiger charge is -2.01. The van der Waals surface area contributed by atoms with Crippen LogP contribution in [0, 0.1) is 0 Å². The fraction of sp³-hybridized carbons (Fsp3) is 0.250. The van der Waals surface area contributed by atoms with Gasteiger partial charge in [0.15, 0.2) is 0 Å². The molecule has 0 fully saturated rings. The van der Waals surface area contributed by atoms with Gasteiger partial charge in [0, 0.05) is 26.5 Å². The number of anilines is 2. The quantitative estimate of drug-likeness (QED) is 0.789. The van der Waals surface area contributed by atoms with Gasteiger partial charge in [-0.25, -0.2) is 9.78 Å². The van der Waals surface area contributed by atoms with Crippen LogP contribution in [0.5, 0.6) is 0 Å². The Hall–Kier alpha value is -2.77. The molecule has 1 amide bonds. The molecule has 0 aromatic carbocycles. The fourth-order valence-corrected chi connectivity index (χ4v) is 1.83. The van der Waals surface area contributed by atoms with Crippen LogP contribution in [0.25, 0.3) is 0 Å². The van der Waals surface area contributed by atoms with E-state index in [-0.39, 0.29) is 11.6 Å². The summed E-state index contributed by atoms with van der Waals surface area (Å²) in [6, 6.07) is 1.52. The molecule has 0 saturated heterocycles. The van der Waals surface area contributed by atoms with E-state index in [4.69, 9.17) is 5.73 Å². The molecule has 0 aliphatic carbocycles. The standard InChI is InChI=1S/C12H15N5O3/c1-16-5-7(4-8(16)12(19)20-3)14-11(18)10-15-9(13)6-17(10)2/h4-6H,13H2,1-3H3,(H,14,18). The van der Waals surface area contributed by atoms with E-state index in [9.17, 15) is 9.59 Å². The number of aryl methyl sites for hydroxylation is 2. The SMILES string of the molecule is COC(=O)c1cc(NC(=O)c2nc(N)cn2C)cn1C. The zero-order chi connectivity index (χ0) is 14.9. The van der Waals surface area contributed by atoms with Crippen molar-refractivity contribution in [3.05, 3.63) is 30.0 Å². The summed E-state index contributed by atoms with van der Waals surface area (Å²) in [5.74, 6) is -0.438. The first kappa shape index (κ1) is 13.7. The van der Waals surface area contributed by atoms with E-state index in [1.165, 1.54) is 17.7 Å². The van der Waals surface area contributed by atoms with Crippen molar-refractivity contribution in [1.29, 1.82) is 0 Å². The molecule has 2 aromatic rings. The molecule has 0 radical (unpaired) electrons. The van der Waals surface area contributed by atoms with Crippen molar-refractivity contribution in [3.63, 3.8) is 0 Å². The molecule has 0 unspecified atom stereocenters. The Morgan fingerprint density at radius 1 is 1.30 bits per heavy atom. The average Bonchev–Trinajstić information content (AvgIpc) is 2.91. The van der Waals surface area contributed by atoms with Crippen LogP contribution in [-0.4, -0.2) is 33.1 Å². The van der Waals surface area contributed by atoms with Crippen LogP contribution < -0.4 is 11.1 Å². The van der Waals surface area contributed by atoms with E-state index in [0.717, 1.165) is 0 Å². The zero-order valence-corrected chi connectivity index (χ0v) is 11.4. The molecular weight excluding hydrogens is 262 g/mol. The second-order valence-corrected chi connectivity index (χ2v) is 4.27. The molecule has 2 aromatic heterocycles. The van der Waals surface area contributed by atoms with Crippen LogP contribution in [0.1, 0.15) is 21.1 Å². The molecule has 0 spiro atoms. The summed E-state index contributed by atoms with van der Waals surface area (Å²) in [6.07, 6.45) is 3.15. The lowest BCUT2D eigenvalue weighted by Crippen LogP contribution is -2.16. The monoisotopic (exact) mass is 277 g/mol. The Bertz CT molecular complexity index is 671. The number of nitrogens with one attached hydrogen (secondary N) is 1. The van der Waals surface area contributed by atoms with E-state index in [1.807, 2.05) is 0 Å². The highest BCUT2D eigenvalue weighted by Crippen LogP contribution is 2.15. The summed E-state index contributed by atoms with van der Waals surface area (Å²) < 4.78 is 7.72. The number of imidazole rings is 1. The number of hydrogen-bond acceptors (Lipinski definition) is 5. The first-order chi connectivity index (χ1) is 9.42. The number of nitrogens with zero attached hydrogens (tertiary/aromatic N) is 3. The number of hydrogen-bond donors (Lipinski definition) is 2. The highest BCUT2D eigenvalue weighted by molar-refractivity contribution is 6.02. The molecule has 3 N–H and O–H groups in total. The largest absolute Gasteiger partial charge is 0.464 e. The second-order valence-electron chi connectivity index (χ2n) is 4.27. The van der Waals surface area contributed by atoms with Gasteiger partial charge >= 0.3 is 5.97 Å². The summed E-state index contributed by atoms with van der Waals surface area (Å²) in [6.45, 7) is 0. The molecule has 20 heavy (non-hydrogen) atoms. The summed E-state index contributed by atoms with van der Waals surface area (Å²) in [5, 5.41) is 2.65. The molecule has 0 aliphatic heterocycles. The molecule has 0 aliphatic rings. The lowest BCUT2D eigenvalue weighted by atomic mass is 10.4. The van der Waals surface area contributed by atoms with Gasteiger partial charge in [-0.05, 0) is 6.07 Å². The Morgan fingerprint density at radius 2 is 2.00 bits per heavy atom. The van der Waals surface area contributed by atoms with E-state index in [0.29, 0.717) is 11.4 Å². The van der Waals surface area contributed by atoms with Gasteiger partial charge in [-0.2, -0.15) is 0 Å². The number of nitrogens with two attached hydrogens (primary N) is 1. The number of esters is 1. The second kappa shape index (κ2) is 5.08. The minimum Gasteiger partial charge on any atom is -0.464 e. The van der Waals surface area contributed by atoms with Crippen LogP contribution in [0.15, 0.2) is 18.5 Å². The summed E-state index contributed by atoms with van der Waals surface area (Å²) in [5.41, 5.74) is 6.33. The van der Waals surface area contributed by atoms with Gasteiger partial charge in [-0.1, -0.05) is 0 Å².